The number of halogens is 2. The van der Waals surface area contributed by atoms with Crippen molar-refractivity contribution in [1.29, 1.82) is 0 Å². The van der Waals surface area contributed by atoms with Crippen LogP contribution < -0.4 is 14.8 Å². The quantitative estimate of drug-likeness (QED) is 0.242. The van der Waals surface area contributed by atoms with Crippen LogP contribution in [0, 0.1) is 16.3 Å². The summed E-state index contributed by atoms with van der Waals surface area (Å²) in [5, 5.41) is 1.99. The highest BCUT2D eigenvalue weighted by Crippen LogP contribution is 2.37. The highest BCUT2D eigenvalue weighted by molar-refractivity contribution is 14.1. The van der Waals surface area contributed by atoms with Crippen molar-refractivity contribution < 1.29 is 28.2 Å². The summed E-state index contributed by atoms with van der Waals surface area (Å²) < 4.78 is 25.4. The molecule has 1 saturated heterocycles. The van der Waals surface area contributed by atoms with Gasteiger partial charge in [0.2, 0.25) is 5.91 Å². The van der Waals surface area contributed by atoms with Crippen LogP contribution in [0.4, 0.5) is 14.9 Å². The zero-order valence-electron chi connectivity index (χ0n) is 19.9. The molecule has 0 aromatic heterocycles. The molecule has 0 atom stereocenters. The molecule has 0 unspecified atom stereocenters. The molecule has 1 N–H and O–H groups in total. The molecule has 190 valence electrons. The van der Waals surface area contributed by atoms with E-state index in [1.165, 1.54) is 31.4 Å². The smallest absolute Gasteiger partial charge is 0.294 e. The van der Waals surface area contributed by atoms with E-state index in [-0.39, 0.29) is 4.91 Å². The first-order chi connectivity index (χ1) is 17.7. The highest BCUT2D eigenvalue weighted by Gasteiger charge is 2.36. The predicted octanol–water partition coefficient (Wildman–Crippen LogP) is 6.00. The Morgan fingerprint density at radius 3 is 2.59 bits per heavy atom. The lowest BCUT2D eigenvalue weighted by molar-refractivity contribution is -0.127. The number of rotatable bonds is 8. The number of carbonyl (C=O) groups excluding carboxylic acids is 3. The lowest BCUT2D eigenvalue weighted by atomic mass is 10.1. The van der Waals surface area contributed by atoms with Crippen LogP contribution >= 0.6 is 34.4 Å². The molecule has 0 saturated carbocycles. The summed E-state index contributed by atoms with van der Waals surface area (Å²) in [5.74, 6) is -0.512. The van der Waals surface area contributed by atoms with Gasteiger partial charge in [0.25, 0.3) is 11.1 Å². The molecule has 1 fully saturated rings. The maximum Gasteiger partial charge on any atom is 0.294 e. The van der Waals surface area contributed by atoms with E-state index >= 15 is 0 Å². The number of nitrogens with one attached hydrogen (secondary N) is 1. The summed E-state index contributed by atoms with van der Waals surface area (Å²) in [6.45, 7) is 1.93. The van der Waals surface area contributed by atoms with Gasteiger partial charge in [-0.15, -0.1) is 0 Å². The molecular formula is C27H22FIN2O5S. The summed E-state index contributed by atoms with van der Waals surface area (Å²) in [6, 6.07) is 16.8. The summed E-state index contributed by atoms with van der Waals surface area (Å²) in [6.07, 6.45) is 1.58. The molecular weight excluding hydrogens is 610 g/mol. The maximum absolute atomic E-state index is 13.1. The van der Waals surface area contributed by atoms with Crippen LogP contribution in [0.15, 0.2) is 65.6 Å². The summed E-state index contributed by atoms with van der Waals surface area (Å²) >= 11 is 2.89. The van der Waals surface area contributed by atoms with Gasteiger partial charge in [-0.05, 0) is 94.9 Å². The highest BCUT2D eigenvalue weighted by atomic mass is 127. The van der Waals surface area contributed by atoms with E-state index in [1.807, 2.05) is 37.3 Å². The number of hydrogen-bond donors (Lipinski definition) is 1. The maximum atomic E-state index is 13.1. The fourth-order valence-corrected chi connectivity index (χ4v) is 5.21. The molecule has 7 nitrogen and oxygen atoms in total. The van der Waals surface area contributed by atoms with Crippen molar-refractivity contribution >= 4 is 63.2 Å². The van der Waals surface area contributed by atoms with Crippen LogP contribution in [0.2, 0.25) is 0 Å². The van der Waals surface area contributed by atoms with Crippen molar-refractivity contribution in [3.8, 4) is 11.5 Å². The SMILES string of the molecule is COc1cc(/C=C2\SC(=O)N(CC(=O)Nc3ccc(F)cc3)C2=O)cc(I)c1OCc1cccc(C)c1. The Morgan fingerprint density at radius 1 is 1.14 bits per heavy atom. The largest absolute Gasteiger partial charge is 0.493 e. The summed E-state index contributed by atoms with van der Waals surface area (Å²) in [5.41, 5.74) is 3.17. The van der Waals surface area contributed by atoms with Crippen LogP contribution in [-0.4, -0.2) is 35.6 Å². The lowest BCUT2D eigenvalue weighted by Crippen LogP contribution is -2.36. The molecule has 10 heteroatoms. The van der Waals surface area contributed by atoms with Crippen LogP contribution in [0.3, 0.4) is 0 Å². The van der Waals surface area contributed by atoms with E-state index in [1.54, 1.807) is 12.1 Å². The number of anilines is 1. The number of methoxy groups -OCH3 is 1. The minimum atomic E-state index is -0.571. The van der Waals surface area contributed by atoms with Gasteiger partial charge in [-0.25, -0.2) is 4.39 Å². The fourth-order valence-electron chi connectivity index (χ4n) is 3.59. The number of amides is 3. The Bertz CT molecular complexity index is 1390. The van der Waals surface area contributed by atoms with Gasteiger partial charge in [-0.2, -0.15) is 0 Å². The molecule has 3 aromatic rings. The van der Waals surface area contributed by atoms with E-state index in [4.69, 9.17) is 9.47 Å². The molecule has 0 bridgehead atoms. The van der Waals surface area contributed by atoms with Crippen molar-refractivity contribution in [3.05, 3.63) is 91.6 Å². The van der Waals surface area contributed by atoms with Crippen LogP contribution in [-0.2, 0) is 16.2 Å². The standard InChI is InChI=1S/C27H22FIN2O5S/c1-16-4-3-5-17(10-16)15-36-25-21(29)11-18(12-22(25)35-2)13-23-26(33)31(27(34)37-23)14-24(32)30-20-8-6-19(28)7-9-20/h3-13H,14-15H2,1-2H3,(H,30,32)/b23-13-. The van der Waals surface area contributed by atoms with Crippen LogP contribution in [0.5, 0.6) is 11.5 Å². The van der Waals surface area contributed by atoms with Gasteiger partial charge in [-0.3, -0.25) is 19.3 Å². The Balaban J connectivity index is 1.46. The Labute approximate surface area is 231 Å². The molecule has 1 aliphatic heterocycles. The number of hydrogen-bond acceptors (Lipinski definition) is 6. The minimum Gasteiger partial charge on any atom is -0.493 e. The molecule has 1 aliphatic rings. The number of benzene rings is 3. The van der Waals surface area contributed by atoms with Crippen molar-refractivity contribution in [3.63, 3.8) is 0 Å². The molecule has 1 heterocycles. The van der Waals surface area contributed by atoms with Crippen molar-refractivity contribution in [2.45, 2.75) is 13.5 Å². The van der Waals surface area contributed by atoms with Gasteiger partial charge < -0.3 is 14.8 Å². The third kappa shape index (κ3) is 6.69. The van der Waals surface area contributed by atoms with Gasteiger partial charge in [-0.1, -0.05) is 29.8 Å². The van der Waals surface area contributed by atoms with E-state index in [0.717, 1.165) is 31.4 Å². The average Bonchev–Trinajstić information content (AvgIpc) is 3.11. The Morgan fingerprint density at radius 2 is 1.89 bits per heavy atom. The van der Waals surface area contributed by atoms with Gasteiger partial charge >= 0.3 is 0 Å². The normalized spacial score (nSPS) is 14.3. The van der Waals surface area contributed by atoms with E-state index in [0.29, 0.717) is 29.4 Å². The van der Waals surface area contributed by atoms with Gasteiger partial charge in [0.15, 0.2) is 11.5 Å². The van der Waals surface area contributed by atoms with Gasteiger partial charge in [0.05, 0.1) is 15.6 Å². The second-order valence-electron chi connectivity index (χ2n) is 8.13. The zero-order chi connectivity index (χ0) is 26.5. The first kappa shape index (κ1) is 26.7. The second-order valence-corrected chi connectivity index (χ2v) is 10.3. The predicted molar refractivity (Wildman–Crippen MR) is 149 cm³/mol. The van der Waals surface area contributed by atoms with Crippen molar-refractivity contribution in [1.82, 2.24) is 4.90 Å². The van der Waals surface area contributed by atoms with Crippen LogP contribution in [0.1, 0.15) is 16.7 Å². The zero-order valence-corrected chi connectivity index (χ0v) is 22.9. The van der Waals surface area contributed by atoms with Crippen molar-refractivity contribution in [2.75, 3.05) is 19.0 Å². The van der Waals surface area contributed by atoms with Crippen molar-refractivity contribution in [2.24, 2.45) is 0 Å². The van der Waals surface area contributed by atoms with E-state index < -0.39 is 29.4 Å². The third-order valence-electron chi connectivity index (χ3n) is 5.32. The lowest BCUT2D eigenvalue weighted by Gasteiger charge is -2.14. The van der Waals surface area contributed by atoms with E-state index in [2.05, 4.69) is 27.9 Å². The molecule has 37 heavy (non-hydrogen) atoms. The Hall–Kier alpha value is -3.38. The first-order valence-electron chi connectivity index (χ1n) is 11.1. The third-order valence-corrected chi connectivity index (χ3v) is 7.03. The molecule has 0 radical (unpaired) electrons. The number of carbonyl (C=O) groups is 3. The average molecular weight is 632 g/mol. The number of thioether (sulfide) groups is 1. The van der Waals surface area contributed by atoms with Gasteiger partial charge in [0, 0.05) is 5.69 Å². The second kappa shape index (κ2) is 11.8. The minimum absolute atomic E-state index is 0.186. The monoisotopic (exact) mass is 632 g/mol. The molecule has 0 spiro atoms. The molecule has 3 amide bonds. The summed E-state index contributed by atoms with van der Waals surface area (Å²) in [7, 11) is 1.53. The topological polar surface area (TPSA) is 84.9 Å². The molecule has 0 aliphatic carbocycles. The number of nitrogens with zero attached hydrogens (tertiary/aromatic N) is 1. The van der Waals surface area contributed by atoms with E-state index in [9.17, 15) is 18.8 Å². The number of ether oxygens (including phenoxy) is 2. The van der Waals surface area contributed by atoms with Crippen LogP contribution in [0.25, 0.3) is 6.08 Å². The Kier molecular flexibility index (Phi) is 8.49. The molecule has 3 aromatic carbocycles. The summed E-state index contributed by atoms with van der Waals surface area (Å²) in [4.78, 5) is 38.7. The fraction of sp³-hybridized carbons (Fsp3) is 0.148. The number of imide groups is 1. The first-order valence-corrected chi connectivity index (χ1v) is 13.0. The van der Waals surface area contributed by atoms with Gasteiger partial charge in [0.1, 0.15) is 19.0 Å². The molecule has 4 rings (SSSR count). The number of aryl methyl sites for hydroxylation is 1.